The third kappa shape index (κ3) is 8.60. The number of carbonyl (C=O) groups excluding carboxylic acids is 1. The molecule has 0 heterocycles. The predicted molar refractivity (Wildman–Crippen MR) is 83.3 cm³/mol. The Morgan fingerprint density at radius 2 is 1.38 bits per heavy atom. The van der Waals surface area contributed by atoms with E-state index in [0.717, 1.165) is 19.3 Å². The van der Waals surface area contributed by atoms with Gasteiger partial charge in [-0.2, -0.15) is 0 Å². The molecule has 0 aromatic heterocycles. The highest BCUT2D eigenvalue weighted by atomic mass is 16.4. The molecule has 0 atom stereocenters. The Balaban J connectivity index is 0.000000240. The van der Waals surface area contributed by atoms with Crippen molar-refractivity contribution in [3.63, 3.8) is 0 Å². The van der Waals surface area contributed by atoms with Crippen molar-refractivity contribution in [1.82, 2.24) is 0 Å². The number of para-hydroxylation sites is 2. The third-order valence-electron chi connectivity index (χ3n) is 2.92. The maximum atomic E-state index is 9.76. The quantitative estimate of drug-likeness (QED) is 0.655. The molecule has 112 valence electrons. The van der Waals surface area contributed by atoms with Crippen molar-refractivity contribution in [2.24, 2.45) is 0 Å². The van der Waals surface area contributed by atoms with Gasteiger partial charge < -0.3 is 9.90 Å². The molecule has 2 N–H and O–H groups in total. The Morgan fingerprint density at radius 3 is 1.76 bits per heavy atom. The number of quaternary nitrogens is 1. The summed E-state index contributed by atoms with van der Waals surface area (Å²) in [4.78, 5) is 9.76. The second kappa shape index (κ2) is 10.6. The Hall–Kier alpha value is -2.13. The fourth-order valence-electron chi connectivity index (χ4n) is 1.81. The van der Waals surface area contributed by atoms with E-state index in [0.29, 0.717) is 0 Å². The number of benzene rings is 2. The zero-order valence-electron chi connectivity index (χ0n) is 12.5. The molecule has 0 radical (unpaired) electrons. The van der Waals surface area contributed by atoms with Crippen LogP contribution in [0.4, 0.5) is 11.4 Å². The Morgan fingerprint density at radius 1 is 0.905 bits per heavy atom. The van der Waals surface area contributed by atoms with Crippen molar-refractivity contribution in [2.75, 3.05) is 0 Å². The lowest BCUT2D eigenvalue weighted by atomic mass is 10.2. The van der Waals surface area contributed by atoms with Crippen LogP contribution in [0, 0.1) is 0 Å². The summed E-state index contributed by atoms with van der Waals surface area (Å²) in [5.74, 6) is -0.932. The summed E-state index contributed by atoms with van der Waals surface area (Å²) in [7, 11) is 0. The topological polar surface area (TPSA) is 56.7 Å². The van der Waals surface area contributed by atoms with E-state index in [4.69, 9.17) is 0 Å². The van der Waals surface area contributed by atoms with Crippen LogP contribution in [0.25, 0.3) is 0 Å². The van der Waals surface area contributed by atoms with Crippen molar-refractivity contribution >= 4 is 17.3 Å². The first kappa shape index (κ1) is 16.9. The highest BCUT2D eigenvalue weighted by Gasteiger charge is 1.96. The fourth-order valence-corrected chi connectivity index (χ4v) is 1.81. The van der Waals surface area contributed by atoms with Crippen LogP contribution in [-0.4, -0.2) is 5.97 Å². The van der Waals surface area contributed by atoms with E-state index < -0.39 is 5.97 Å². The molecule has 2 rings (SSSR count). The van der Waals surface area contributed by atoms with Gasteiger partial charge in [0.05, 0.1) is 0 Å². The van der Waals surface area contributed by atoms with E-state index in [1.165, 1.54) is 11.4 Å². The van der Waals surface area contributed by atoms with Gasteiger partial charge in [0.1, 0.15) is 11.4 Å². The second-order valence-electron chi connectivity index (χ2n) is 4.79. The number of hydrogen-bond acceptors (Lipinski definition) is 2. The highest BCUT2D eigenvalue weighted by molar-refractivity contribution is 5.64. The van der Waals surface area contributed by atoms with Crippen LogP contribution < -0.4 is 10.4 Å². The largest absolute Gasteiger partial charge is 0.550 e. The van der Waals surface area contributed by atoms with Gasteiger partial charge in [0.2, 0.25) is 0 Å². The molecule has 21 heavy (non-hydrogen) atoms. The molecule has 0 saturated heterocycles. The average Bonchev–Trinajstić information content (AvgIpc) is 2.50. The number of aliphatic carboxylic acids is 1. The summed E-state index contributed by atoms with van der Waals surface area (Å²) in [5.41, 5.74) is 2.49. The smallest absolute Gasteiger partial charge is 0.134 e. The van der Waals surface area contributed by atoms with E-state index in [1.807, 2.05) is 19.1 Å². The molecule has 0 spiro atoms. The molecule has 2 aromatic rings. The summed E-state index contributed by atoms with van der Waals surface area (Å²) >= 11 is 0. The van der Waals surface area contributed by atoms with Crippen molar-refractivity contribution in [1.29, 1.82) is 0 Å². The predicted octanol–water partition coefficient (Wildman–Crippen LogP) is 2.53. The summed E-state index contributed by atoms with van der Waals surface area (Å²) in [6.45, 7) is 2.04. The van der Waals surface area contributed by atoms with E-state index in [9.17, 15) is 9.90 Å². The number of nitrogens with two attached hydrogens (primary N) is 1. The van der Waals surface area contributed by atoms with Gasteiger partial charge >= 0.3 is 0 Å². The Kier molecular flexibility index (Phi) is 8.57. The molecule has 0 aliphatic heterocycles. The lowest BCUT2D eigenvalue weighted by Crippen LogP contribution is -2.70. The second-order valence-corrected chi connectivity index (χ2v) is 4.79. The monoisotopic (exact) mass is 285 g/mol. The maximum absolute atomic E-state index is 9.76. The van der Waals surface area contributed by atoms with E-state index in [-0.39, 0.29) is 6.42 Å². The van der Waals surface area contributed by atoms with Crippen LogP contribution in [-0.2, 0) is 4.79 Å². The van der Waals surface area contributed by atoms with Crippen molar-refractivity contribution in [3.8, 4) is 0 Å². The number of rotatable bonds is 6. The maximum Gasteiger partial charge on any atom is 0.134 e. The van der Waals surface area contributed by atoms with E-state index in [2.05, 4.69) is 53.8 Å². The molecule has 3 nitrogen and oxygen atoms in total. The molecule has 0 unspecified atom stereocenters. The van der Waals surface area contributed by atoms with Crippen molar-refractivity contribution in [3.05, 3.63) is 60.7 Å². The van der Waals surface area contributed by atoms with Gasteiger partial charge in [-0.3, -0.25) is 5.32 Å². The van der Waals surface area contributed by atoms with Gasteiger partial charge in [-0.15, -0.1) is 0 Å². The summed E-state index contributed by atoms with van der Waals surface area (Å²) in [6, 6.07) is 20.7. The van der Waals surface area contributed by atoms with Gasteiger partial charge in [-0.1, -0.05) is 56.2 Å². The van der Waals surface area contributed by atoms with E-state index >= 15 is 0 Å². The lowest BCUT2D eigenvalue weighted by molar-refractivity contribution is -0.478. The molecule has 0 bridgehead atoms. The molecule has 3 heteroatoms. The first-order valence-electron chi connectivity index (χ1n) is 7.37. The van der Waals surface area contributed by atoms with Crippen molar-refractivity contribution < 1.29 is 15.2 Å². The lowest BCUT2D eigenvalue weighted by Gasteiger charge is -1.98. The van der Waals surface area contributed by atoms with Crippen LogP contribution in [0.5, 0.6) is 0 Å². The standard InChI is InChI=1S/C12H11N.C6H12O2/c1-3-7-11(8-4-1)13-12-9-5-2-6-10-12;1-2-3-4-5-6(7)8/h1-10,13H;2-5H2,1H3,(H,7,8). The number of carbonyl (C=O) groups is 1. The first-order valence-corrected chi connectivity index (χ1v) is 7.37. The summed E-state index contributed by atoms with van der Waals surface area (Å²) < 4.78 is 0. The van der Waals surface area contributed by atoms with Gasteiger partial charge in [0, 0.05) is 5.97 Å². The van der Waals surface area contributed by atoms with Gasteiger partial charge in [-0.05, 0) is 37.1 Å². The number of hydrogen-bond donors (Lipinski definition) is 1. The third-order valence-corrected chi connectivity index (χ3v) is 2.92. The number of carboxylic acids is 1. The average molecular weight is 285 g/mol. The van der Waals surface area contributed by atoms with Gasteiger partial charge in [-0.25, -0.2) is 0 Å². The minimum Gasteiger partial charge on any atom is -0.550 e. The molecule has 0 fully saturated rings. The molecule has 2 aromatic carbocycles. The first-order chi connectivity index (χ1) is 10.2. The SMILES string of the molecule is CCCCCC(=O)[O-].c1ccc([NH2+]c2ccccc2)cc1. The van der Waals surface area contributed by atoms with Gasteiger partial charge in [0.25, 0.3) is 0 Å². The molecular formula is C18H23NO2. The number of carboxylic acid groups (broad SMARTS) is 1. The minimum atomic E-state index is -0.932. The van der Waals surface area contributed by atoms with Crippen LogP contribution in [0.15, 0.2) is 60.7 Å². The zero-order chi connectivity index (χ0) is 15.3. The van der Waals surface area contributed by atoms with Crippen LogP contribution in [0.2, 0.25) is 0 Å². The number of unbranched alkanes of at least 4 members (excludes halogenated alkanes) is 2. The minimum absolute atomic E-state index is 0.216. The highest BCUT2D eigenvalue weighted by Crippen LogP contribution is 2.02. The molecule has 0 aliphatic rings. The van der Waals surface area contributed by atoms with Crippen LogP contribution in [0.1, 0.15) is 32.6 Å². The molecule has 0 aliphatic carbocycles. The summed E-state index contributed by atoms with van der Waals surface area (Å²) in [6.07, 6.45) is 3.04. The Bertz CT molecular complexity index is 460. The van der Waals surface area contributed by atoms with Crippen molar-refractivity contribution in [2.45, 2.75) is 32.6 Å². The summed E-state index contributed by atoms with van der Waals surface area (Å²) in [5, 5.41) is 11.9. The van der Waals surface area contributed by atoms with Gasteiger partial charge in [0.15, 0.2) is 0 Å². The fraction of sp³-hybridized carbons (Fsp3) is 0.278. The van der Waals surface area contributed by atoms with Crippen LogP contribution in [0.3, 0.4) is 0 Å². The molecule has 0 saturated carbocycles. The van der Waals surface area contributed by atoms with Crippen LogP contribution >= 0.6 is 0 Å². The normalized spacial score (nSPS) is 9.57. The van der Waals surface area contributed by atoms with E-state index in [1.54, 1.807) is 0 Å². The molecule has 0 amide bonds. The Labute approximate surface area is 126 Å². The molecular weight excluding hydrogens is 262 g/mol. The zero-order valence-corrected chi connectivity index (χ0v) is 12.5.